The van der Waals surface area contributed by atoms with Crippen molar-refractivity contribution in [3.05, 3.63) is 118 Å². The molecule has 0 aliphatic heterocycles. The standard InChI is InChI=1S/C42H42O3/c1-3-5-7-9-25-44-41-24-21-35(29-42(41)45-26-10-8-6-4-2)16-15-34-20-23-40-38(28-34)30-37-27-33(19-22-39(37)40)14-11-32-12-17-36(31-43)18-13-32/h12-13,17-24,27-29,31H,3-10,25-26,30H2,1-2H3. The van der Waals surface area contributed by atoms with Crippen LogP contribution in [-0.4, -0.2) is 19.5 Å². The summed E-state index contributed by atoms with van der Waals surface area (Å²) in [6, 6.07) is 26.3. The van der Waals surface area contributed by atoms with Crippen LogP contribution in [0.25, 0.3) is 11.1 Å². The number of aldehydes is 1. The van der Waals surface area contributed by atoms with Crippen molar-refractivity contribution in [1.82, 2.24) is 0 Å². The molecule has 0 aromatic heterocycles. The highest BCUT2D eigenvalue weighted by atomic mass is 16.5. The van der Waals surface area contributed by atoms with Crippen molar-refractivity contribution in [3.63, 3.8) is 0 Å². The van der Waals surface area contributed by atoms with Gasteiger partial charge in [0.25, 0.3) is 0 Å². The minimum atomic E-state index is 0.655. The molecule has 0 amide bonds. The monoisotopic (exact) mass is 594 g/mol. The van der Waals surface area contributed by atoms with Crippen molar-refractivity contribution in [2.75, 3.05) is 13.2 Å². The molecule has 3 nitrogen and oxygen atoms in total. The molecule has 0 spiro atoms. The van der Waals surface area contributed by atoms with E-state index in [0.717, 1.165) is 59.3 Å². The van der Waals surface area contributed by atoms with Gasteiger partial charge in [0, 0.05) is 27.8 Å². The molecule has 0 N–H and O–H groups in total. The van der Waals surface area contributed by atoms with E-state index < -0.39 is 0 Å². The Morgan fingerprint density at radius 3 is 1.60 bits per heavy atom. The largest absolute Gasteiger partial charge is 0.490 e. The second-order valence-electron chi connectivity index (χ2n) is 11.6. The summed E-state index contributed by atoms with van der Waals surface area (Å²) in [5.74, 6) is 14.8. The van der Waals surface area contributed by atoms with E-state index in [0.29, 0.717) is 18.8 Å². The molecule has 0 unspecified atom stereocenters. The van der Waals surface area contributed by atoms with E-state index in [-0.39, 0.29) is 0 Å². The van der Waals surface area contributed by atoms with Gasteiger partial charge in [-0.15, -0.1) is 0 Å². The molecule has 45 heavy (non-hydrogen) atoms. The smallest absolute Gasteiger partial charge is 0.162 e. The maximum Gasteiger partial charge on any atom is 0.162 e. The SMILES string of the molecule is CCCCCCOc1ccc(C#Cc2ccc3c(c2)Cc2cc(C#Cc4ccc(C=O)cc4)ccc2-3)cc1OCCCCCC. The lowest BCUT2D eigenvalue weighted by Gasteiger charge is -2.13. The van der Waals surface area contributed by atoms with E-state index in [1.54, 1.807) is 12.1 Å². The number of hydrogen-bond acceptors (Lipinski definition) is 3. The molecule has 0 radical (unpaired) electrons. The Balaban J connectivity index is 1.27. The number of hydrogen-bond donors (Lipinski definition) is 0. The first kappa shape index (κ1) is 31.7. The van der Waals surface area contributed by atoms with Gasteiger partial charge < -0.3 is 9.47 Å². The number of rotatable bonds is 13. The molecule has 0 heterocycles. The maximum atomic E-state index is 10.9. The highest BCUT2D eigenvalue weighted by molar-refractivity contribution is 5.78. The van der Waals surface area contributed by atoms with Crippen LogP contribution in [0.1, 0.15) is 109 Å². The van der Waals surface area contributed by atoms with E-state index in [4.69, 9.17) is 9.47 Å². The second-order valence-corrected chi connectivity index (χ2v) is 11.6. The van der Waals surface area contributed by atoms with Gasteiger partial charge >= 0.3 is 0 Å². The third-order valence-electron chi connectivity index (χ3n) is 8.09. The zero-order valence-corrected chi connectivity index (χ0v) is 26.6. The Kier molecular flexibility index (Phi) is 11.5. The highest BCUT2D eigenvalue weighted by Gasteiger charge is 2.18. The zero-order valence-electron chi connectivity index (χ0n) is 26.6. The minimum Gasteiger partial charge on any atom is -0.490 e. The summed E-state index contributed by atoms with van der Waals surface area (Å²) >= 11 is 0. The lowest BCUT2D eigenvalue weighted by atomic mass is 10.0. The predicted molar refractivity (Wildman–Crippen MR) is 184 cm³/mol. The Bertz CT molecular complexity index is 1720. The molecule has 0 saturated heterocycles. The maximum absolute atomic E-state index is 10.9. The fourth-order valence-corrected chi connectivity index (χ4v) is 5.54. The van der Waals surface area contributed by atoms with E-state index in [1.807, 2.05) is 30.3 Å². The van der Waals surface area contributed by atoms with Crippen LogP contribution in [0.15, 0.2) is 78.9 Å². The fraction of sp³-hybridized carbons (Fsp3) is 0.310. The van der Waals surface area contributed by atoms with Gasteiger partial charge in [-0.05, 0) is 96.1 Å². The number of benzene rings is 4. The van der Waals surface area contributed by atoms with Crippen LogP contribution in [0, 0.1) is 23.7 Å². The van der Waals surface area contributed by atoms with Crippen molar-refractivity contribution in [3.8, 4) is 46.3 Å². The lowest BCUT2D eigenvalue weighted by Crippen LogP contribution is -2.03. The third kappa shape index (κ3) is 8.90. The summed E-state index contributed by atoms with van der Waals surface area (Å²) in [5, 5.41) is 0. The molecule has 5 rings (SSSR count). The number of carbonyl (C=O) groups excluding carboxylic acids is 1. The van der Waals surface area contributed by atoms with E-state index in [2.05, 4.69) is 73.9 Å². The van der Waals surface area contributed by atoms with Crippen LogP contribution in [0.5, 0.6) is 11.5 Å². The van der Waals surface area contributed by atoms with Crippen molar-refractivity contribution < 1.29 is 14.3 Å². The summed E-state index contributed by atoms with van der Waals surface area (Å²) < 4.78 is 12.3. The van der Waals surface area contributed by atoms with Crippen molar-refractivity contribution in [1.29, 1.82) is 0 Å². The number of ether oxygens (including phenoxy) is 2. The Morgan fingerprint density at radius 2 is 1.04 bits per heavy atom. The summed E-state index contributed by atoms with van der Waals surface area (Å²) in [7, 11) is 0. The second kappa shape index (κ2) is 16.4. The van der Waals surface area contributed by atoms with Crippen LogP contribution < -0.4 is 9.47 Å². The topological polar surface area (TPSA) is 35.5 Å². The molecule has 1 aliphatic carbocycles. The van der Waals surface area contributed by atoms with E-state index in [1.165, 1.54) is 60.8 Å². The van der Waals surface area contributed by atoms with E-state index in [9.17, 15) is 4.79 Å². The molecule has 3 heteroatoms. The molecule has 0 atom stereocenters. The summed E-state index contributed by atoms with van der Waals surface area (Å²) in [6.07, 6.45) is 11.1. The zero-order chi connectivity index (χ0) is 31.3. The van der Waals surface area contributed by atoms with Crippen molar-refractivity contribution >= 4 is 6.29 Å². The Hall–Kier alpha value is -4.73. The van der Waals surface area contributed by atoms with Crippen LogP contribution in [0.3, 0.4) is 0 Å². The number of unbranched alkanes of at least 4 members (excludes halogenated alkanes) is 6. The van der Waals surface area contributed by atoms with Gasteiger partial charge in [-0.3, -0.25) is 4.79 Å². The molecule has 1 aliphatic rings. The van der Waals surface area contributed by atoms with Gasteiger partial charge in [-0.1, -0.05) is 100 Å². The average Bonchev–Trinajstić information content (AvgIpc) is 3.44. The average molecular weight is 595 g/mol. The quantitative estimate of drug-likeness (QED) is 0.0773. The lowest BCUT2D eigenvalue weighted by molar-refractivity contribution is 0.112. The van der Waals surface area contributed by atoms with Crippen LogP contribution in [-0.2, 0) is 6.42 Å². The van der Waals surface area contributed by atoms with Gasteiger partial charge in [0.05, 0.1) is 13.2 Å². The van der Waals surface area contributed by atoms with Gasteiger partial charge in [-0.2, -0.15) is 0 Å². The first-order chi connectivity index (χ1) is 22.2. The first-order valence-corrected chi connectivity index (χ1v) is 16.4. The number of fused-ring (bicyclic) bond motifs is 3. The molecular formula is C42H42O3. The first-order valence-electron chi connectivity index (χ1n) is 16.4. The van der Waals surface area contributed by atoms with E-state index >= 15 is 0 Å². The van der Waals surface area contributed by atoms with Gasteiger partial charge in [0.2, 0.25) is 0 Å². The third-order valence-corrected chi connectivity index (χ3v) is 8.09. The van der Waals surface area contributed by atoms with Crippen LogP contribution in [0.4, 0.5) is 0 Å². The Morgan fingerprint density at radius 1 is 0.556 bits per heavy atom. The van der Waals surface area contributed by atoms with Crippen molar-refractivity contribution in [2.45, 2.75) is 71.6 Å². The summed E-state index contributed by atoms with van der Waals surface area (Å²) in [5.41, 5.74) is 9.54. The van der Waals surface area contributed by atoms with Gasteiger partial charge in [-0.25, -0.2) is 0 Å². The molecule has 0 saturated carbocycles. The molecule has 228 valence electrons. The minimum absolute atomic E-state index is 0.655. The summed E-state index contributed by atoms with van der Waals surface area (Å²) in [6.45, 7) is 5.84. The molecule has 4 aromatic carbocycles. The highest BCUT2D eigenvalue weighted by Crippen LogP contribution is 2.37. The molecule has 0 bridgehead atoms. The summed E-state index contributed by atoms with van der Waals surface area (Å²) in [4.78, 5) is 10.9. The molecule has 4 aromatic rings. The predicted octanol–water partition coefficient (Wildman–Crippen LogP) is 9.79. The molecular weight excluding hydrogens is 552 g/mol. The molecule has 0 fully saturated rings. The number of carbonyl (C=O) groups is 1. The normalized spacial score (nSPS) is 11.0. The van der Waals surface area contributed by atoms with Gasteiger partial charge in [0.1, 0.15) is 6.29 Å². The van der Waals surface area contributed by atoms with Crippen LogP contribution >= 0.6 is 0 Å². The Labute approximate surface area is 269 Å². The van der Waals surface area contributed by atoms with Gasteiger partial charge in [0.15, 0.2) is 11.5 Å². The van der Waals surface area contributed by atoms with Crippen molar-refractivity contribution in [2.24, 2.45) is 0 Å². The van der Waals surface area contributed by atoms with Crippen LogP contribution in [0.2, 0.25) is 0 Å². The fourth-order valence-electron chi connectivity index (χ4n) is 5.54.